The molecule has 1 fully saturated rings. The van der Waals surface area contributed by atoms with Gasteiger partial charge in [0.05, 0.1) is 0 Å². The average Bonchev–Trinajstić information content (AvgIpc) is 2.68. The van der Waals surface area contributed by atoms with Crippen molar-refractivity contribution in [2.24, 2.45) is 0 Å². The summed E-state index contributed by atoms with van der Waals surface area (Å²) < 4.78 is 10.3. The molecule has 1 aliphatic heterocycles. The number of hydrogen-bond acceptors (Lipinski definition) is 8. The third-order valence-electron chi connectivity index (χ3n) is 2.77. The number of hydrogen-bond donors (Lipinski definition) is 3. The Morgan fingerprint density at radius 3 is 2.80 bits per heavy atom. The van der Waals surface area contributed by atoms with Crippen LogP contribution in [0.15, 0.2) is 21.9 Å². The maximum atomic E-state index is 11.6. The molecule has 10 nitrogen and oxygen atoms in total. The zero-order chi connectivity index (χ0) is 14.7. The first-order valence-corrected chi connectivity index (χ1v) is 6.09. The van der Waals surface area contributed by atoms with Crippen molar-refractivity contribution in [2.75, 3.05) is 6.61 Å². The van der Waals surface area contributed by atoms with Crippen molar-refractivity contribution >= 4 is 16.3 Å². The number of ether oxygens (including phenoxy) is 1. The van der Waals surface area contributed by atoms with E-state index in [2.05, 4.69) is 30.2 Å². The van der Waals surface area contributed by atoms with Crippen LogP contribution in [-0.4, -0.2) is 44.7 Å². The lowest BCUT2D eigenvalue weighted by Gasteiger charge is -2.16. The van der Waals surface area contributed by atoms with E-state index < -0.39 is 35.8 Å². The SMILES string of the molecule is O=c1ccn([C@@H]2O[C@H](COOOBr)[C@@H](O)[C@H]2O)c(=O)[nH]1. The van der Waals surface area contributed by atoms with Crippen LogP contribution in [0.2, 0.25) is 0 Å². The van der Waals surface area contributed by atoms with Crippen molar-refractivity contribution in [1.29, 1.82) is 0 Å². The smallest absolute Gasteiger partial charge is 0.330 e. The zero-order valence-corrected chi connectivity index (χ0v) is 11.4. The van der Waals surface area contributed by atoms with Gasteiger partial charge >= 0.3 is 5.69 Å². The quantitative estimate of drug-likeness (QED) is 0.325. The van der Waals surface area contributed by atoms with E-state index in [0.29, 0.717) is 0 Å². The molecule has 0 aliphatic carbocycles. The van der Waals surface area contributed by atoms with Gasteiger partial charge < -0.3 is 14.9 Å². The molecule has 1 aromatic heterocycles. The predicted molar refractivity (Wildman–Crippen MR) is 64.3 cm³/mol. The molecule has 0 saturated carbocycles. The molecule has 3 N–H and O–H groups in total. The van der Waals surface area contributed by atoms with Gasteiger partial charge in [0.1, 0.15) is 41.2 Å². The Morgan fingerprint density at radius 2 is 2.15 bits per heavy atom. The summed E-state index contributed by atoms with van der Waals surface area (Å²) in [5.41, 5.74) is -1.35. The Hall–Kier alpha value is -1.08. The van der Waals surface area contributed by atoms with Crippen molar-refractivity contribution in [3.63, 3.8) is 0 Å². The van der Waals surface area contributed by atoms with Gasteiger partial charge in [-0.2, -0.15) is 0 Å². The Balaban J connectivity index is 2.13. The zero-order valence-electron chi connectivity index (χ0n) is 9.84. The van der Waals surface area contributed by atoms with Crippen molar-refractivity contribution < 1.29 is 28.9 Å². The molecule has 2 rings (SSSR count). The second-order valence-electron chi connectivity index (χ2n) is 3.98. The summed E-state index contributed by atoms with van der Waals surface area (Å²) in [6, 6.07) is 1.09. The number of nitrogens with one attached hydrogen (secondary N) is 1. The van der Waals surface area contributed by atoms with Crippen LogP contribution in [0.25, 0.3) is 0 Å². The second kappa shape index (κ2) is 6.58. The number of aliphatic hydroxyl groups excluding tert-OH is 2. The lowest BCUT2D eigenvalue weighted by atomic mass is 10.1. The predicted octanol–water partition coefficient (Wildman–Crippen LogP) is -1.65. The Kier molecular flexibility index (Phi) is 5.04. The van der Waals surface area contributed by atoms with Crippen LogP contribution in [0.3, 0.4) is 0 Å². The largest absolute Gasteiger partial charge is 0.387 e. The van der Waals surface area contributed by atoms with Crippen LogP contribution in [-0.2, 0) is 18.6 Å². The third kappa shape index (κ3) is 3.15. The van der Waals surface area contributed by atoms with Crippen LogP contribution in [0.5, 0.6) is 0 Å². The van der Waals surface area contributed by atoms with Gasteiger partial charge in [-0.05, 0) is 0 Å². The van der Waals surface area contributed by atoms with Gasteiger partial charge in [-0.3, -0.25) is 14.3 Å². The molecule has 0 aromatic carbocycles. The molecule has 0 unspecified atom stereocenters. The molecule has 0 bridgehead atoms. The second-order valence-corrected chi connectivity index (χ2v) is 4.24. The number of halogens is 1. The van der Waals surface area contributed by atoms with Gasteiger partial charge in [0.25, 0.3) is 5.56 Å². The summed E-state index contributed by atoms with van der Waals surface area (Å²) >= 11 is 2.47. The minimum absolute atomic E-state index is 0.252. The minimum atomic E-state index is -1.38. The fraction of sp³-hybridized carbons (Fsp3) is 0.556. The Labute approximate surface area is 119 Å². The van der Waals surface area contributed by atoms with E-state index in [1.165, 1.54) is 0 Å². The minimum Gasteiger partial charge on any atom is -0.387 e. The van der Waals surface area contributed by atoms with Crippen molar-refractivity contribution in [2.45, 2.75) is 24.5 Å². The van der Waals surface area contributed by atoms with Crippen LogP contribution < -0.4 is 11.2 Å². The molecular weight excluding hydrogens is 344 g/mol. The monoisotopic (exact) mass is 354 g/mol. The summed E-state index contributed by atoms with van der Waals surface area (Å²) in [6.07, 6.45) is -3.64. The van der Waals surface area contributed by atoms with E-state index in [9.17, 15) is 19.8 Å². The standard InChI is InChI=1S/C9H11BrN2O8/c10-19-20-17-3-4-6(14)7(15)8(18-4)12-2-1-5(13)11-9(12)16/h1-2,4,6-8,14-15H,3H2,(H,11,13,16)/t4-,6-,7-,8-/m1/s1. The van der Waals surface area contributed by atoms with E-state index in [1.54, 1.807) is 0 Å². The lowest BCUT2D eigenvalue weighted by Crippen LogP contribution is -2.37. The fourth-order valence-electron chi connectivity index (χ4n) is 1.84. The maximum absolute atomic E-state index is 11.6. The van der Waals surface area contributed by atoms with Crippen LogP contribution in [0.1, 0.15) is 6.23 Å². The number of rotatable bonds is 5. The molecule has 20 heavy (non-hydrogen) atoms. The Morgan fingerprint density at radius 1 is 1.40 bits per heavy atom. The van der Waals surface area contributed by atoms with Gasteiger partial charge in [0, 0.05) is 12.3 Å². The maximum Gasteiger partial charge on any atom is 0.330 e. The van der Waals surface area contributed by atoms with Crippen LogP contribution in [0.4, 0.5) is 0 Å². The highest BCUT2D eigenvalue weighted by atomic mass is 79.9. The molecule has 11 heteroatoms. The number of nitrogens with zero attached hydrogens (tertiary/aromatic N) is 1. The average molecular weight is 355 g/mol. The third-order valence-corrected chi connectivity index (χ3v) is 2.88. The highest BCUT2D eigenvalue weighted by Gasteiger charge is 2.44. The number of aromatic nitrogens is 2. The van der Waals surface area contributed by atoms with E-state index in [4.69, 9.17) is 4.74 Å². The molecule has 0 radical (unpaired) electrons. The first-order chi connectivity index (χ1) is 9.54. The molecule has 0 spiro atoms. The van der Waals surface area contributed by atoms with Gasteiger partial charge in [0.2, 0.25) is 0 Å². The lowest BCUT2D eigenvalue weighted by molar-refractivity contribution is -0.460. The first kappa shape index (κ1) is 15.3. The molecule has 1 saturated heterocycles. The molecule has 4 atom stereocenters. The van der Waals surface area contributed by atoms with Gasteiger partial charge in [-0.25, -0.2) is 9.68 Å². The van der Waals surface area contributed by atoms with Crippen molar-refractivity contribution in [3.8, 4) is 0 Å². The molecule has 1 aromatic rings. The first-order valence-electron chi connectivity index (χ1n) is 5.44. The highest BCUT2D eigenvalue weighted by Crippen LogP contribution is 2.28. The van der Waals surface area contributed by atoms with E-state index in [-0.39, 0.29) is 6.61 Å². The molecule has 0 amide bonds. The number of aliphatic hydroxyl groups is 2. The summed E-state index contributed by atoms with van der Waals surface area (Å²) in [7, 11) is 0. The van der Waals surface area contributed by atoms with E-state index >= 15 is 0 Å². The van der Waals surface area contributed by atoms with Gasteiger partial charge in [0.15, 0.2) is 6.23 Å². The van der Waals surface area contributed by atoms with Crippen LogP contribution >= 0.6 is 16.3 Å². The number of aromatic amines is 1. The normalized spacial score (nSPS) is 29.8. The Bertz CT molecular complexity index is 559. The van der Waals surface area contributed by atoms with Gasteiger partial charge in [-0.1, -0.05) is 5.04 Å². The van der Waals surface area contributed by atoms with Crippen molar-refractivity contribution in [3.05, 3.63) is 33.1 Å². The fourth-order valence-corrected chi connectivity index (χ4v) is 1.91. The highest BCUT2D eigenvalue weighted by molar-refractivity contribution is 9.05. The summed E-state index contributed by atoms with van der Waals surface area (Å²) in [4.78, 5) is 29.1. The summed E-state index contributed by atoms with van der Waals surface area (Å²) in [6.45, 7) is -0.252. The molecule has 2 heterocycles. The molecular formula is C9H11BrN2O8. The van der Waals surface area contributed by atoms with Crippen molar-refractivity contribution in [1.82, 2.24) is 9.55 Å². The topological polar surface area (TPSA) is 132 Å². The number of H-pyrrole nitrogens is 1. The summed E-state index contributed by atoms with van der Waals surface area (Å²) in [5.74, 6) is 0. The summed E-state index contributed by atoms with van der Waals surface area (Å²) in [5, 5.41) is 23.7. The van der Waals surface area contributed by atoms with E-state index in [0.717, 1.165) is 16.8 Å². The molecule has 112 valence electrons. The van der Waals surface area contributed by atoms with Crippen LogP contribution in [0, 0.1) is 0 Å². The van der Waals surface area contributed by atoms with Gasteiger partial charge in [-0.15, -0.1) is 3.98 Å². The van der Waals surface area contributed by atoms with E-state index in [1.807, 2.05) is 4.98 Å². The molecule has 1 aliphatic rings.